The van der Waals surface area contributed by atoms with Gasteiger partial charge in [-0.15, -0.1) is 0 Å². The molecule has 3 rings (SSSR count). The second-order valence-electron chi connectivity index (χ2n) is 7.79. The van der Waals surface area contributed by atoms with Crippen molar-refractivity contribution >= 4 is 11.4 Å². The number of ether oxygens (including phenoxy) is 2. The Bertz CT molecular complexity index is 922. The first-order valence-electron chi connectivity index (χ1n) is 11.3. The van der Waals surface area contributed by atoms with E-state index >= 15 is 0 Å². The van der Waals surface area contributed by atoms with Crippen molar-refractivity contribution in [1.29, 1.82) is 0 Å². The van der Waals surface area contributed by atoms with Crippen LogP contribution >= 0.6 is 0 Å². The van der Waals surface area contributed by atoms with Crippen LogP contribution in [-0.4, -0.2) is 44.9 Å². The Hall–Kier alpha value is -3.05. The van der Waals surface area contributed by atoms with Crippen molar-refractivity contribution in [1.82, 2.24) is 4.98 Å². The molecule has 0 N–H and O–H groups in total. The van der Waals surface area contributed by atoms with Crippen LogP contribution in [0.3, 0.4) is 0 Å². The van der Waals surface area contributed by atoms with E-state index in [1.165, 1.54) is 16.9 Å². The normalized spacial score (nSPS) is 15.8. The predicted octanol–water partition coefficient (Wildman–Crippen LogP) is 5.37. The summed E-state index contributed by atoms with van der Waals surface area (Å²) in [6.45, 7) is 9.31. The van der Waals surface area contributed by atoms with Crippen LogP contribution in [0.4, 0.5) is 11.4 Å². The van der Waals surface area contributed by atoms with Crippen molar-refractivity contribution in [3.8, 4) is 0 Å². The number of hydrogen-bond acceptors (Lipinski definition) is 5. The maximum atomic E-state index is 6.00. The molecule has 5 heteroatoms. The van der Waals surface area contributed by atoms with Crippen molar-refractivity contribution in [3.63, 3.8) is 0 Å². The van der Waals surface area contributed by atoms with E-state index in [0.29, 0.717) is 13.2 Å². The molecule has 0 saturated carbocycles. The molecule has 1 fully saturated rings. The third kappa shape index (κ3) is 6.99. The molecule has 0 radical (unpaired) electrons. The van der Waals surface area contributed by atoms with Crippen LogP contribution < -0.4 is 9.80 Å². The Labute approximate surface area is 192 Å². The van der Waals surface area contributed by atoms with E-state index in [1.807, 2.05) is 44.5 Å². The minimum Gasteiger partial charge on any atom is -0.497 e. The predicted molar refractivity (Wildman–Crippen MR) is 133 cm³/mol. The molecule has 0 aliphatic carbocycles. The van der Waals surface area contributed by atoms with Crippen molar-refractivity contribution in [3.05, 3.63) is 90.0 Å². The molecular formula is C27H35N3O2. The summed E-state index contributed by atoms with van der Waals surface area (Å²) in [6.07, 6.45) is 12.9. The van der Waals surface area contributed by atoms with Gasteiger partial charge in [0, 0.05) is 49.9 Å². The molecular weight excluding hydrogens is 398 g/mol. The molecule has 0 atom stereocenters. The Kier molecular flexibility index (Phi) is 9.38. The standard InChI is InChI=1S/C27H35N3O2/c1-4-23(10-11-27(5-2)31-3)21-32-22-24-8-6-9-26(20-24)30-17-7-16-29(18-19-30)25-12-14-28-15-13-25/h4-6,8-15,20H,7,16-19,21-22H2,1-3H3/b11-10-,23-4+,27-5+. The number of pyridine rings is 1. The van der Waals surface area contributed by atoms with Crippen LogP contribution in [0.2, 0.25) is 0 Å². The van der Waals surface area contributed by atoms with Gasteiger partial charge in [0.05, 0.1) is 20.3 Å². The third-order valence-electron chi connectivity index (χ3n) is 5.69. The Morgan fingerprint density at radius 3 is 2.38 bits per heavy atom. The molecule has 0 bridgehead atoms. The van der Waals surface area contributed by atoms with Gasteiger partial charge in [-0.2, -0.15) is 0 Å². The zero-order chi connectivity index (χ0) is 22.6. The Morgan fingerprint density at radius 1 is 0.938 bits per heavy atom. The molecule has 1 aliphatic heterocycles. The van der Waals surface area contributed by atoms with Crippen molar-refractivity contribution in [2.45, 2.75) is 26.9 Å². The number of methoxy groups -OCH3 is 1. The summed E-state index contributed by atoms with van der Waals surface area (Å²) >= 11 is 0. The summed E-state index contributed by atoms with van der Waals surface area (Å²) in [4.78, 5) is 9.07. The van der Waals surface area contributed by atoms with Gasteiger partial charge in [0.25, 0.3) is 0 Å². The first-order chi connectivity index (χ1) is 15.7. The van der Waals surface area contributed by atoms with E-state index in [0.717, 1.165) is 43.9 Å². The Balaban J connectivity index is 1.54. The van der Waals surface area contributed by atoms with Gasteiger partial charge in [0.15, 0.2) is 0 Å². The zero-order valence-electron chi connectivity index (χ0n) is 19.5. The van der Waals surface area contributed by atoms with Gasteiger partial charge in [-0.05, 0) is 67.8 Å². The molecule has 2 heterocycles. The first-order valence-corrected chi connectivity index (χ1v) is 11.3. The molecule has 1 aromatic carbocycles. The Morgan fingerprint density at radius 2 is 1.69 bits per heavy atom. The summed E-state index contributed by atoms with van der Waals surface area (Å²) in [5, 5.41) is 0. The topological polar surface area (TPSA) is 37.8 Å². The molecule has 32 heavy (non-hydrogen) atoms. The lowest BCUT2D eigenvalue weighted by atomic mass is 10.2. The van der Waals surface area contributed by atoms with E-state index in [1.54, 1.807) is 7.11 Å². The van der Waals surface area contributed by atoms with Crippen LogP contribution in [0, 0.1) is 0 Å². The number of benzene rings is 1. The number of hydrogen-bond donors (Lipinski definition) is 0. The minimum atomic E-state index is 0.572. The highest BCUT2D eigenvalue weighted by molar-refractivity contribution is 5.51. The maximum Gasteiger partial charge on any atom is 0.114 e. The zero-order valence-corrected chi connectivity index (χ0v) is 19.5. The summed E-state index contributed by atoms with van der Waals surface area (Å²) in [7, 11) is 1.68. The van der Waals surface area contributed by atoms with Gasteiger partial charge >= 0.3 is 0 Å². The molecule has 0 unspecified atom stereocenters. The fourth-order valence-electron chi connectivity index (χ4n) is 3.82. The second kappa shape index (κ2) is 12.7. The highest BCUT2D eigenvalue weighted by Crippen LogP contribution is 2.21. The molecule has 1 aliphatic rings. The molecule has 1 aromatic heterocycles. The summed E-state index contributed by atoms with van der Waals surface area (Å²) < 4.78 is 11.3. The third-order valence-corrected chi connectivity index (χ3v) is 5.69. The van der Waals surface area contributed by atoms with E-state index in [2.05, 4.69) is 57.3 Å². The molecule has 2 aromatic rings. The van der Waals surface area contributed by atoms with E-state index < -0.39 is 0 Å². The smallest absolute Gasteiger partial charge is 0.114 e. The van der Waals surface area contributed by atoms with E-state index in [-0.39, 0.29) is 0 Å². The maximum absolute atomic E-state index is 6.00. The van der Waals surface area contributed by atoms with Crippen LogP contribution in [0.25, 0.3) is 0 Å². The lowest BCUT2D eigenvalue weighted by Gasteiger charge is -2.25. The number of nitrogens with zero attached hydrogens (tertiary/aromatic N) is 3. The average Bonchev–Trinajstić information content (AvgIpc) is 3.11. The number of anilines is 2. The molecule has 170 valence electrons. The van der Waals surface area contributed by atoms with Crippen molar-refractivity contribution < 1.29 is 9.47 Å². The number of aromatic nitrogens is 1. The average molecular weight is 434 g/mol. The SMILES string of the molecule is C\C=C(/C=C\C(=C/C)OC)COCc1cccc(N2CCCN(c3ccncc3)CC2)c1. The van der Waals surface area contributed by atoms with Crippen molar-refractivity contribution in [2.75, 3.05) is 49.7 Å². The molecule has 1 saturated heterocycles. The lowest BCUT2D eigenvalue weighted by Crippen LogP contribution is -2.30. The van der Waals surface area contributed by atoms with Crippen LogP contribution in [0.5, 0.6) is 0 Å². The van der Waals surface area contributed by atoms with Gasteiger partial charge in [0.1, 0.15) is 5.76 Å². The van der Waals surface area contributed by atoms with Crippen LogP contribution in [-0.2, 0) is 16.1 Å². The van der Waals surface area contributed by atoms with Crippen LogP contribution in [0.1, 0.15) is 25.8 Å². The number of rotatable bonds is 9. The highest BCUT2D eigenvalue weighted by atomic mass is 16.5. The molecule has 0 amide bonds. The van der Waals surface area contributed by atoms with Gasteiger partial charge < -0.3 is 19.3 Å². The highest BCUT2D eigenvalue weighted by Gasteiger charge is 2.15. The summed E-state index contributed by atoms with van der Waals surface area (Å²) in [6, 6.07) is 12.9. The lowest BCUT2D eigenvalue weighted by molar-refractivity contribution is 0.144. The van der Waals surface area contributed by atoms with Gasteiger partial charge in [-0.25, -0.2) is 0 Å². The number of allylic oxidation sites excluding steroid dienone is 3. The van der Waals surface area contributed by atoms with E-state index in [4.69, 9.17) is 9.47 Å². The second-order valence-corrected chi connectivity index (χ2v) is 7.79. The quantitative estimate of drug-likeness (QED) is 0.393. The van der Waals surface area contributed by atoms with Gasteiger partial charge in [-0.3, -0.25) is 4.98 Å². The van der Waals surface area contributed by atoms with Crippen LogP contribution in [0.15, 0.2) is 84.4 Å². The van der Waals surface area contributed by atoms with Gasteiger partial charge in [0.2, 0.25) is 0 Å². The van der Waals surface area contributed by atoms with E-state index in [9.17, 15) is 0 Å². The molecule has 5 nitrogen and oxygen atoms in total. The first kappa shape index (κ1) is 23.6. The minimum absolute atomic E-state index is 0.572. The fourth-order valence-corrected chi connectivity index (χ4v) is 3.82. The largest absolute Gasteiger partial charge is 0.497 e. The van der Waals surface area contributed by atoms with Gasteiger partial charge in [-0.1, -0.05) is 24.3 Å². The fraction of sp³-hybridized carbons (Fsp3) is 0.370. The molecule has 0 spiro atoms. The summed E-state index contributed by atoms with van der Waals surface area (Å²) in [5.74, 6) is 0.844. The monoisotopic (exact) mass is 433 g/mol. The van der Waals surface area contributed by atoms with Crippen molar-refractivity contribution in [2.24, 2.45) is 0 Å². The summed E-state index contributed by atoms with van der Waals surface area (Å²) in [5.41, 5.74) is 4.85.